The average molecular weight is 477 g/mol. The quantitative estimate of drug-likeness (QED) is 0.659. The minimum absolute atomic E-state index is 0.0686. The molecule has 2 fully saturated rings. The van der Waals surface area contributed by atoms with E-state index in [9.17, 15) is 13.2 Å². The van der Waals surface area contributed by atoms with Crippen LogP contribution in [0.15, 0.2) is 35.4 Å². The van der Waals surface area contributed by atoms with Crippen molar-refractivity contribution in [1.29, 1.82) is 0 Å². The maximum absolute atomic E-state index is 13.2. The number of aryl methyl sites for hydroxylation is 1. The zero-order chi connectivity index (χ0) is 22.7. The van der Waals surface area contributed by atoms with Crippen molar-refractivity contribution in [3.8, 4) is 0 Å². The van der Waals surface area contributed by atoms with E-state index in [0.29, 0.717) is 29.0 Å². The van der Waals surface area contributed by atoms with Gasteiger partial charge in [0.2, 0.25) is 15.9 Å². The largest absolute Gasteiger partial charge is 0.304 e. The van der Waals surface area contributed by atoms with Gasteiger partial charge in [-0.3, -0.25) is 4.79 Å². The van der Waals surface area contributed by atoms with Gasteiger partial charge >= 0.3 is 0 Å². The Labute approximate surface area is 194 Å². The molecule has 1 aliphatic carbocycles. The zero-order valence-corrected chi connectivity index (χ0v) is 20.4. The summed E-state index contributed by atoms with van der Waals surface area (Å²) in [5.74, 6) is 0.140. The predicted molar refractivity (Wildman–Crippen MR) is 127 cm³/mol. The molecule has 1 saturated carbocycles. The Kier molecular flexibility index (Phi) is 7.29. The van der Waals surface area contributed by atoms with Crippen molar-refractivity contribution < 1.29 is 13.2 Å². The summed E-state index contributed by atoms with van der Waals surface area (Å²) in [5, 5.41) is 3.58. The molecule has 1 aromatic carbocycles. The molecule has 1 saturated heterocycles. The van der Waals surface area contributed by atoms with Crippen LogP contribution in [0.2, 0.25) is 0 Å². The van der Waals surface area contributed by atoms with Crippen LogP contribution in [-0.4, -0.2) is 61.7 Å². The van der Waals surface area contributed by atoms with Crippen molar-refractivity contribution in [3.63, 3.8) is 0 Å². The number of hydrogen-bond donors (Lipinski definition) is 1. The standard InChI is InChI=1S/C23H32N4O3S2/c1-17-16-24-23(31-17)25-22(28)21(15-18-5-3-4-6-18)19-7-9-20(10-8-19)32(29,30)27-13-11-26(2)12-14-27/h7-10,16,18,21H,3-6,11-15H2,1-2H3,(H,24,25,28)/t21-/m1/s1. The van der Waals surface area contributed by atoms with Crippen LogP contribution in [0.25, 0.3) is 0 Å². The Morgan fingerprint density at radius 3 is 2.41 bits per heavy atom. The van der Waals surface area contributed by atoms with E-state index in [-0.39, 0.29) is 11.8 Å². The molecule has 32 heavy (non-hydrogen) atoms. The summed E-state index contributed by atoms with van der Waals surface area (Å²) in [7, 11) is -1.52. The van der Waals surface area contributed by atoms with E-state index >= 15 is 0 Å². The number of sulfonamides is 1. The molecule has 1 amide bonds. The molecular formula is C23H32N4O3S2. The van der Waals surface area contributed by atoms with Gasteiger partial charge in [0.05, 0.1) is 10.8 Å². The van der Waals surface area contributed by atoms with Gasteiger partial charge in [0, 0.05) is 37.3 Å². The van der Waals surface area contributed by atoms with E-state index in [4.69, 9.17) is 0 Å². The van der Waals surface area contributed by atoms with Crippen molar-refractivity contribution in [2.75, 3.05) is 38.5 Å². The molecule has 4 rings (SSSR count). The number of nitrogens with zero attached hydrogens (tertiary/aromatic N) is 3. The lowest BCUT2D eigenvalue weighted by atomic mass is 9.87. The number of thiazole rings is 1. The van der Waals surface area contributed by atoms with E-state index in [1.807, 2.05) is 26.1 Å². The number of carbonyl (C=O) groups excluding carboxylic acids is 1. The molecule has 0 spiro atoms. The fourth-order valence-electron chi connectivity index (χ4n) is 4.63. The van der Waals surface area contributed by atoms with Gasteiger partial charge < -0.3 is 10.2 Å². The first kappa shape index (κ1) is 23.4. The molecule has 1 aromatic heterocycles. The van der Waals surface area contributed by atoms with Gasteiger partial charge in [-0.25, -0.2) is 13.4 Å². The number of piperazine rings is 1. The number of likely N-dealkylation sites (N-methyl/N-ethyl adjacent to an activating group) is 1. The van der Waals surface area contributed by atoms with Gasteiger partial charge in [-0.05, 0) is 44.0 Å². The molecule has 1 atom stereocenters. The molecule has 9 heteroatoms. The number of benzene rings is 1. The minimum Gasteiger partial charge on any atom is -0.304 e. The summed E-state index contributed by atoms with van der Waals surface area (Å²) in [6, 6.07) is 6.95. The Hall–Kier alpha value is -1.81. The van der Waals surface area contributed by atoms with Crippen LogP contribution in [0.4, 0.5) is 5.13 Å². The van der Waals surface area contributed by atoms with E-state index in [1.54, 1.807) is 22.6 Å². The summed E-state index contributed by atoms with van der Waals surface area (Å²) in [6.07, 6.45) is 7.26. The third-order valence-electron chi connectivity index (χ3n) is 6.59. The SMILES string of the molecule is Cc1cnc(NC(=O)[C@H](CC2CCCC2)c2ccc(S(=O)(=O)N3CCN(C)CC3)cc2)s1. The van der Waals surface area contributed by atoms with Crippen molar-refractivity contribution >= 4 is 32.4 Å². The maximum Gasteiger partial charge on any atom is 0.243 e. The summed E-state index contributed by atoms with van der Waals surface area (Å²) in [5.41, 5.74) is 0.861. The Morgan fingerprint density at radius 2 is 1.81 bits per heavy atom. The highest BCUT2D eigenvalue weighted by Gasteiger charge is 2.30. The number of hydrogen-bond acceptors (Lipinski definition) is 6. The van der Waals surface area contributed by atoms with Gasteiger partial charge in [-0.1, -0.05) is 37.8 Å². The Balaban J connectivity index is 1.53. The van der Waals surface area contributed by atoms with E-state index in [2.05, 4.69) is 15.2 Å². The normalized spacial score (nSPS) is 19.8. The van der Waals surface area contributed by atoms with Crippen LogP contribution >= 0.6 is 11.3 Å². The number of aromatic nitrogens is 1. The highest BCUT2D eigenvalue weighted by molar-refractivity contribution is 7.89. The van der Waals surface area contributed by atoms with Gasteiger partial charge in [-0.15, -0.1) is 11.3 Å². The zero-order valence-electron chi connectivity index (χ0n) is 18.8. The number of carbonyl (C=O) groups is 1. The Morgan fingerprint density at radius 1 is 1.16 bits per heavy atom. The van der Waals surface area contributed by atoms with Crippen molar-refractivity contribution in [2.45, 2.75) is 49.8 Å². The second-order valence-corrected chi connectivity index (χ2v) is 12.2. The van der Waals surface area contributed by atoms with Gasteiger partial charge in [-0.2, -0.15) is 4.31 Å². The van der Waals surface area contributed by atoms with E-state index in [0.717, 1.165) is 42.8 Å². The molecule has 0 radical (unpaired) electrons. The van der Waals surface area contributed by atoms with Crippen LogP contribution in [-0.2, 0) is 14.8 Å². The second-order valence-electron chi connectivity index (χ2n) is 8.98. The monoisotopic (exact) mass is 476 g/mol. The average Bonchev–Trinajstić information content (AvgIpc) is 3.44. The summed E-state index contributed by atoms with van der Waals surface area (Å²) < 4.78 is 27.7. The van der Waals surface area contributed by atoms with E-state index in [1.165, 1.54) is 24.2 Å². The lowest BCUT2D eigenvalue weighted by Gasteiger charge is -2.31. The smallest absolute Gasteiger partial charge is 0.243 e. The van der Waals surface area contributed by atoms with Crippen LogP contribution in [0.3, 0.4) is 0 Å². The lowest BCUT2D eigenvalue weighted by molar-refractivity contribution is -0.118. The van der Waals surface area contributed by atoms with Crippen molar-refractivity contribution in [2.24, 2.45) is 5.92 Å². The van der Waals surface area contributed by atoms with E-state index < -0.39 is 10.0 Å². The van der Waals surface area contributed by atoms with Gasteiger partial charge in [0.15, 0.2) is 5.13 Å². The Bertz CT molecular complexity index is 1020. The van der Waals surface area contributed by atoms with Gasteiger partial charge in [0.1, 0.15) is 0 Å². The predicted octanol–water partition coefficient (Wildman–Crippen LogP) is 3.69. The molecule has 0 bridgehead atoms. The number of nitrogens with one attached hydrogen (secondary N) is 1. The molecule has 174 valence electrons. The maximum atomic E-state index is 13.2. The van der Waals surface area contributed by atoms with Crippen LogP contribution in [0.5, 0.6) is 0 Å². The van der Waals surface area contributed by atoms with Crippen LogP contribution in [0, 0.1) is 12.8 Å². The highest BCUT2D eigenvalue weighted by Crippen LogP contribution is 2.35. The first-order chi connectivity index (χ1) is 15.3. The molecule has 2 heterocycles. The number of anilines is 1. The van der Waals surface area contributed by atoms with Gasteiger partial charge in [0.25, 0.3) is 0 Å². The number of amides is 1. The summed E-state index contributed by atoms with van der Waals surface area (Å²) in [4.78, 5) is 20.9. The van der Waals surface area contributed by atoms with Crippen LogP contribution in [0.1, 0.15) is 48.5 Å². The molecular weight excluding hydrogens is 444 g/mol. The second kappa shape index (κ2) is 9.99. The third kappa shape index (κ3) is 5.39. The molecule has 2 aliphatic rings. The highest BCUT2D eigenvalue weighted by atomic mass is 32.2. The molecule has 2 aromatic rings. The molecule has 0 unspecified atom stereocenters. The van der Waals surface area contributed by atoms with Crippen molar-refractivity contribution in [3.05, 3.63) is 40.9 Å². The minimum atomic E-state index is -3.52. The molecule has 1 aliphatic heterocycles. The molecule has 1 N–H and O–H groups in total. The topological polar surface area (TPSA) is 82.6 Å². The first-order valence-corrected chi connectivity index (χ1v) is 13.6. The summed E-state index contributed by atoms with van der Waals surface area (Å²) in [6.45, 7) is 4.43. The number of rotatable bonds is 7. The lowest BCUT2D eigenvalue weighted by Crippen LogP contribution is -2.47. The van der Waals surface area contributed by atoms with Crippen molar-refractivity contribution in [1.82, 2.24) is 14.2 Å². The molecule has 7 nitrogen and oxygen atoms in total. The fraction of sp³-hybridized carbons (Fsp3) is 0.565. The first-order valence-electron chi connectivity index (χ1n) is 11.3. The summed E-state index contributed by atoms with van der Waals surface area (Å²) >= 11 is 1.46. The van der Waals surface area contributed by atoms with Crippen LogP contribution < -0.4 is 5.32 Å². The third-order valence-corrected chi connectivity index (χ3v) is 9.34. The fourth-order valence-corrected chi connectivity index (χ4v) is 6.72.